The number of pyridine rings is 1. The zero-order valence-electron chi connectivity index (χ0n) is 13.7. The largest absolute Gasteiger partial charge is 0.394 e. The zero-order valence-corrected chi connectivity index (χ0v) is 13.7. The quantitative estimate of drug-likeness (QED) is 0.374. The number of carbonyl (C=O) groups is 1. The van der Waals surface area contributed by atoms with E-state index in [1.165, 1.54) is 12.3 Å². The molecule has 0 bridgehead atoms. The second kappa shape index (κ2) is 7.19. The predicted octanol–water partition coefficient (Wildman–Crippen LogP) is 1.59. The number of rotatable bonds is 7. The number of aromatic nitrogens is 2. The van der Waals surface area contributed by atoms with Gasteiger partial charge in [0.1, 0.15) is 5.56 Å². The number of primary amides is 1. The third-order valence-electron chi connectivity index (χ3n) is 4.07. The molecule has 5 N–H and O–H groups in total. The molecule has 0 aliphatic carbocycles. The van der Waals surface area contributed by atoms with Crippen LogP contribution in [0.3, 0.4) is 0 Å². The maximum Gasteiger partial charge on any atom is 0.324 e. The Bertz CT molecular complexity index is 969. The number of carbonyl (C=O) groups excluding carboxylic acids is 1. The number of nitrogens with two attached hydrogens (primary N) is 1. The van der Waals surface area contributed by atoms with E-state index in [0.717, 1.165) is 16.5 Å². The van der Waals surface area contributed by atoms with Gasteiger partial charge in [-0.2, -0.15) is 0 Å². The third kappa shape index (κ3) is 3.33. The lowest BCUT2D eigenvalue weighted by atomic mass is 10.1. The van der Waals surface area contributed by atoms with Crippen LogP contribution in [0.2, 0.25) is 0 Å². The van der Waals surface area contributed by atoms with Crippen molar-refractivity contribution in [2.24, 2.45) is 5.73 Å². The van der Waals surface area contributed by atoms with Crippen LogP contribution < -0.4 is 11.1 Å². The van der Waals surface area contributed by atoms with E-state index in [1.54, 1.807) is 0 Å². The molecule has 2 aromatic heterocycles. The van der Waals surface area contributed by atoms with Gasteiger partial charge in [-0.05, 0) is 24.1 Å². The standard InChI is InChI=1S/C17H17N5O4/c18-16(24)13-5-6-19-17(15(13)22(25)26)21-11(9-23)7-10-8-20-14-4-2-1-3-12(10)14/h1-6,8,11,20,23H,7,9H2,(H2,18,24)(H,19,21). The van der Waals surface area contributed by atoms with Crippen LogP contribution in [0.15, 0.2) is 42.7 Å². The van der Waals surface area contributed by atoms with Crippen LogP contribution >= 0.6 is 0 Å². The summed E-state index contributed by atoms with van der Waals surface area (Å²) >= 11 is 0. The van der Waals surface area contributed by atoms with Crippen LogP contribution in [0.5, 0.6) is 0 Å². The van der Waals surface area contributed by atoms with Crippen molar-refractivity contribution in [2.45, 2.75) is 12.5 Å². The Morgan fingerprint density at radius 2 is 2.15 bits per heavy atom. The molecule has 0 aliphatic heterocycles. The molecular weight excluding hydrogens is 338 g/mol. The van der Waals surface area contributed by atoms with Crippen molar-refractivity contribution in [1.29, 1.82) is 0 Å². The molecule has 1 amide bonds. The molecule has 0 saturated heterocycles. The molecule has 9 nitrogen and oxygen atoms in total. The van der Waals surface area contributed by atoms with Crippen LogP contribution in [0.25, 0.3) is 10.9 Å². The normalized spacial score (nSPS) is 12.0. The molecule has 1 aromatic carbocycles. The highest BCUT2D eigenvalue weighted by atomic mass is 16.6. The monoisotopic (exact) mass is 355 g/mol. The molecule has 3 aromatic rings. The van der Waals surface area contributed by atoms with Gasteiger partial charge >= 0.3 is 5.69 Å². The lowest BCUT2D eigenvalue weighted by Gasteiger charge is -2.17. The maximum absolute atomic E-state index is 11.4. The summed E-state index contributed by atoms with van der Waals surface area (Å²) in [5, 5.41) is 24.9. The number of aromatic amines is 1. The highest BCUT2D eigenvalue weighted by Crippen LogP contribution is 2.27. The van der Waals surface area contributed by atoms with Gasteiger partial charge in [-0.15, -0.1) is 0 Å². The number of benzene rings is 1. The number of hydrogen-bond donors (Lipinski definition) is 4. The summed E-state index contributed by atoms with van der Waals surface area (Å²) in [6.45, 7) is -0.279. The predicted molar refractivity (Wildman–Crippen MR) is 95.9 cm³/mol. The van der Waals surface area contributed by atoms with Gasteiger partial charge in [-0.25, -0.2) is 4.98 Å². The molecule has 0 aliphatic rings. The average molecular weight is 355 g/mol. The van der Waals surface area contributed by atoms with Gasteiger partial charge in [0.25, 0.3) is 5.91 Å². The van der Waals surface area contributed by atoms with Crippen molar-refractivity contribution in [3.8, 4) is 0 Å². The number of aliphatic hydroxyl groups is 1. The van der Waals surface area contributed by atoms with Gasteiger partial charge in [-0.1, -0.05) is 18.2 Å². The molecule has 1 unspecified atom stereocenters. The first-order chi connectivity index (χ1) is 12.5. The highest BCUT2D eigenvalue weighted by Gasteiger charge is 2.26. The molecule has 2 heterocycles. The summed E-state index contributed by atoms with van der Waals surface area (Å²) in [5.41, 5.74) is 6.36. The van der Waals surface area contributed by atoms with Crippen molar-refractivity contribution in [2.75, 3.05) is 11.9 Å². The summed E-state index contributed by atoms with van der Waals surface area (Å²) in [4.78, 5) is 29.2. The molecule has 0 spiro atoms. The Balaban J connectivity index is 1.90. The van der Waals surface area contributed by atoms with Crippen LogP contribution in [0, 0.1) is 10.1 Å². The number of aliphatic hydroxyl groups excluding tert-OH is 1. The summed E-state index contributed by atoms with van der Waals surface area (Å²) in [7, 11) is 0. The highest BCUT2D eigenvalue weighted by molar-refractivity contribution is 5.98. The maximum atomic E-state index is 11.4. The molecule has 9 heteroatoms. The smallest absolute Gasteiger partial charge is 0.324 e. The SMILES string of the molecule is NC(=O)c1ccnc(NC(CO)Cc2c[nH]c3ccccc23)c1[N+](=O)[O-]. The fraction of sp³-hybridized carbons (Fsp3) is 0.176. The van der Waals surface area contributed by atoms with Crippen molar-refractivity contribution in [1.82, 2.24) is 9.97 Å². The summed E-state index contributed by atoms with van der Waals surface area (Å²) in [6.07, 6.45) is 3.49. The number of hydrogen-bond acceptors (Lipinski definition) is 6. The molecular formula is C17H17N5O4. The van der Waals surface area contributed by atoms with E-state index >= 15 is 0 Å². The van der Waals surface area contributed by atoms with Crippen molar-refractivity contribution >= 4 is 28.3 Å². The number of fused-ring (bicyclic) bond motifs is 1. The third-order valence-corrected chi connectivity index (χ3v) is 4.07. The summed E-state index contributed by atoms with van der Waals surface area (Å²) in [5.74, 6) is -1.02. The van der Waals surface area contributed by atoms with Gasteiger partial charge in [-0.3, -0.25) is 14.9 Å². The van der Waals surface area contributed by atoms with E-state index in [4.69, 9.17) is 5.73 Å². The molecule has 0 saturated carbocycles. The Kier molecular flexibility index (Phi) is 4.81. The molecule has 1 atom stereocenters. The minimum Gasteiger partial charge on any atom is -0.394 e. The van der Waals surface area contributed by atoms with Gasteiger partial charge in [0.05, 0.1) is 17.6 Å². The topological polar surface area (TPSA) is 147 Å². The number of para-hydroxylation sites is 1. The number of anilines is 1. The van der Waals surface area contributed by atoms with Crippen LogP contribution in [0.4, 0.5) is 11.5 Å². The first-order valence-electron chi connectivity index (χ1n) is 7.87. The van der Waals surface area contributed by atoms with Crippen LogP contribution in [0.1, 0.15) is 15.9 Å². The summed E-state index contributed by atoms with van der Waals surface area (Å²) in [6, 6.07) is 8.35. The lowest BCUT2D eigenvalue weighted by molar-refractivity contribution is -0.384. The van der Waals surface area contributed by atoms with Gasteiger partial charge in [0.15, 0.2) is 0 Å². The number of nitrogens with zero attached hydrogens (tertiary/aromatic N) is 2. The second-order valence-corrected chi connectivity index (χ2v) is 5.76. The van der Waals surface area contributed by atoms with Crippen LogP contribution in [-0.2, 0) is 6.42 Å². The Morgan fingerprint density at radius 3 is 2.85 bits per heavy atom. The zero-order chi connectivity index (χ0) is 18.7. The van der Waals surface area contributed by atoms with Crippen molar-refractivity contribution in [3.05, 3.63) is 64.0 Å². The second-order valence-electron chi connectivity index (χ2n) is 5.76. The molecule has 0 radical (unpaired) electrons. The molecule has 3 rings (SSSR count). The van der Waals surface area contributed by atoms with Gasteiger partial charge in [0, 0.05) is 23.3 Å². The minimum atomic E-state index is -0.917. The lowest BCUT2D eigenvalue weighted by Crippen LogP contribution is -2.28. The first kappa shape index (κ1) is 17.4. The van der Waals surface area contributed by atoms with Crippen molar-refractivity contribution < 1.29 is 14.8 Å². The van der Waals surface area contributed by atoms with E-state index in [-0.39, 0.29) is 18.0 Å². The fourth-order valence-corrected chi connectivity index (χ4v) is 2.86. The van der Waals surface area contributed by atoms with E-state index < -0.39 is 22.6 Å². The number of amides is 1. The summed E-state index contributed by atoms with van der Waals surface area (Å²) < 4.78 is 0. The van der Waals surface area contributed by atoms with E-state index in [2.05, 4.69) is 15.3 Å². The average Bonchev–Trinajstić information content (AvgIpc) is 3.03. The number of nitrogens with one attached hydrogen (secondary N) is 2. The van der Waals surface area contributed by atoms with Gasteiger partial charge in [0.2, 0.25) is 5.82 Å². The van der Waals surface area contributed by atoms with E-state index in [1.807, 2.05) is 30.5 Å². The number of nitro groups is 1. The van der Waals surface area contributed by atoms with Crippen LogP contribution in [-0.4, -0.2) is 38.6 Å². The van der Waals surface area contributed by atoms with E-state index in [9.17, 15) is 20.0 Å². The molecule has 134 valence electrons. The molecule has 26 heavy (non-hydrogen) atoms. The Morgan fingerprint density at radius 1 is 1.38 bits per heavy atom. The van der Waals surface area contributed by atoms with E-state index in [0.29, 0.717) is 6.42 Å². The molecule has 0 fully saturated rings. The Labute approximate surface area is 148 Å². The minimum absolute atomic E-state index is 0.106. The number of H-pyrrole nitrogens is 1. The first-order valence-corrected chi connectivity index (χ1v) is 7.87. The van der Waals surface area contributed by atoms with Crippen molar-refractivity contribution in [3.63, 3.8) is 0 Å². The Hall–Kier alpha value is -3.46. The fourth-order valence-electron chi connectivity index (χ4n) is 2.86. The van der Waals surface area contributed by atoms with Gasteiger partial charge < -0.3 is 21.1 Å².